The van der Waals surface area contributed by atoms with Crippen LogP contribution >= 0.6 is 0 Å². The minimum Gasteiger partial charge on any atom is -0.488 e. The van der Waals surface area contributed by atoms with Gasteiger partial charge in [-0.2, -0.15) is 0 Å². The lowest BCUT2D eigenvalue weighted by Gasteiger charge is -2.35. The highest BCUT2D eigenvalue weighted by Gasteiger charge is 2.38. The number of hydrogen-bond donors (Lipinski definition) is 0. The first kappa shape index (κ1) is 113. The van der Waals surface area contributed by atoms with Crippen molar-refractivity contribution in [2.45, 2.75) is 503 Å². The van der Waals surface area contributed by atoms with Crippen molar-refractivity contribution >= 4 is 0 Å². The van der Waals surface area contributed by atoms with E-state index in [0.717, 1.165) is 93.0 Å². The molecule has 5 unspecified atom stereocenters. The summed E-state index contributed by atoms with van der Waals surface area (Å²) in [4.78, 5) is 0. The zero-order valence-electron chi connectivity index (χ0n) is 90.3. The van der Waals surface area contributed by atoms with E-state index in [1.54, 1.807) is 0 Å². The molecule has 0 radical (unpaired) electrons. The van der Waals surface area contributed by atoms with Gasteiger partial charge in [-0.3, -0.25) is 0 Å². The molecule has 0 aromatic heterocycles. The van der Waals surface area contributed by atoms with Crippen LogP contribution in [0.4, 0.5) is 0 Å². The first-order chi connectivity index (χ1) is 53.2. The van der Waals surface area contributed by atoms with E-state index in [-0.39, 0.29) is 82.2 Å². The zero-order valence-corrected chi connectivity index (χ0v) is 90.3. The Morgan fingerprint density at radius 2 is 0.292 bits per heavy atom. The number of aryl methyl sites for hydroxylation is 5. The fraction of sp³-hybridized carbons (Fsp3) is 0.739. The topological polar surface area (TPSA) is 46.2 Å². The van der Waals surface area contributed by atoms with Crippen LogP contribution < -0.4 is 23.7 Å². The normalized spacial score (nSPS) is 14.6. The van der Waals surface area contributed by atoms with E-state index in [2.05, 4.69) is 441 Å². The summed E-state index contributed by atoms with van der Waals surface area (Å²) in [6.07, 6.45) is 10.8. The predicted molar refractivity (Wildman–Crippen MR) is 536 cm³/mol. The molecule has 5 rings (SSSR count). The zero-order chi connectivity index (χ0) is 94.6. The molecule has 0 aliphatic heterocycles. The Morgan fingerprint density at radius 3 is 0.367 bits per heavy atom. The fourth-order valence-corrected chi connectivity index (χ4v) is 17.8. The maximum atomic E-state index is 6.54. The molecule has 0 aliphatic carbocycles. The molecule has 120 heavy (non-hydrogen) atoms. The summed E-state index contributed by atoms with van der Waals surface area (Å²) >= 11 is 0. The standard InChI is InChI=1S/5C23H40O/c5*1-12-19(22(6,7)8)18-14-16(2)13-17(15-21(3,4)5)20(18)24-23(9,10)11/h5*13-14,19H,12,15H2,1-11H3. The Morgan fingerprint density at radius 1 is 0.183 bits per heavy atom. The Balaban J connectivity index is 0.000000750. The third kappa shape index (κ3) is 41.5. The van der Waals surface area contributed by atoms with Gasteiger partial charge in [-0.15, -0.1) is 0 Å². The molecular formula is C115H200O5. The third-order valence-electron chi connectivity index (χ3n) is 21.5. The van der Waals surface area contributed by atoms with E-state index in [1.807, 2.05) is 0 Å². The molecule has 0 saturated heterocycles. The average molecular weight is 1660 g/mol. The van der Waals surface area contributed by atoms with E-state index in [9.17, 15) is 0 Å². The van der Waals surface area contributed by atoms with E-state index in [0.29, 0.717) is 29.6 Å². The lowest BCUT2D eigenvalue weighted by Crippen LogP contribution is -2.27. The largest absolute Gasteiger partial charge is 0.488 e. The van der Waals surface area contributed by atoms with Crippen LogP contribution in [-0.2, 0) is 32.1 Å². The van der Waals surface area contributed by atoms with Crippen LogP contribution in [0, 0.1) is 88.8 Å². The molecule has 0 bridgehead atoms. The van der Waals surface area contributed by atoms with Gasteiger partial charge in [0.15, 0.2) is 0 Å². The molecule has 5 aromatic rings. The van der Waals surface area contributed by atoms with Gasteiger partial charge in [0, 0.05) is 0 Å². The minimum atomic E-state index is -0.188. The second-order valence-corrected chi connectivity index (χ2v) is 53.1. The summed E-state index contributed by atoms with van der Waals surface area (Å²) in [6.45, 7) is 124. The van der Waals surface area contributed by atoms with Gasteiger partial charge >= 0.3 is 0 Å². The molecule has 5 atom stereocenters. The second-order valence-electron chi connectivity index (χ2n) is 53.1. The first-order valence-electron chi connectivity index (χ1n) is 47.3. The summed E-state index contributed by atoms with van der Waals surface area (Å²) in [5.41, 5.74) is 21.8. The first-order valence-corrected chi connectivity index (χ1v) is 47.3. The summed E-state index contributed by atoms with van der Waals surface area (Å²) in [5, 5.41) is 0. The van der Waals surface area contributed by atoms with Crippen LogP contribution in [0.3, 0.4) is 0 Å². The molecule has 0 N–H and O–H groups in total. The van der Waals surface area contributed by atoms with Gasteiger partial charge in [-0.05, 0) is 342 Å². The minimum absolute atomic E-state index is 0.188. The van der Waals surface area contributed by atoms with Crippen LogP contribution in [0.1, 0.15) is 491 Å². The summed E-state index contributed by atoms with van der Waals surface area (Å²) < 4.78 is 32.7. The van der Waals surface area contributed by atoms with Gasteiger partial charge in [0.2, 0.25) is 0 Å². The number of rotatable bonds is 20. The van der Waals surface area contributed by atoms with Gasteiger partial charge in [-0.1, -0.05) is 331 Å². The quantitative estimate of drug-likeness (QED) is 0.0777. The number of ether oxygens (including phenoxy) is 5. The van der Waals surface area contributed by atoms with E-state index < -0.39 is 0 Å². The van der Waals surface area contributed by atoms with E-state index in [1.165, 1.54) is 83.5 Å². The molecule has 0 aliphatic rings. The van der Waals surface area contributed by atoms with Gasteiger partial charge in [0.05, 0.1) is 0 Å². The summed E-state index contributed by atoms with van der Waals surface area (Å²) in [5.74, 6) is 8.12. The highest BCUT2D eigenvalue weighted by Crippen LogP contribution is 2.52. The average Bonchev–Trinajstić information content (AvgIpc) is 0.805. The summed E-state index contributed by atoms with van der Waals surface area (Å²) in [7, 11) is 0. The lowest BCUT2D eigenvalue weighted by molar-refractivity contribution is 0.123. The van der Waals surface area contributed by atoms with E-state index >= 15 is 0 Å². The SMILES string of the molecule is CCC(c1cc(C)cc(CC(C)(C)C)c1OC(C)(C)C)C(C)(C)C.CCC(c1cc(C)cc(CC(C)(C)C)c1OC(C)(C)C)C(C)(C)C.CCC(c1cc(C)cc(CC(C)(C)C)c1OC(C)(C)C)C(C)(C)C.CCC(c1cc(C)cc(CC(C)(C)C)c1OC(C)(C)C)C(C)(C)C.CCC(c1cc(C)cc(CC(C)(C)C)c1OC(C)(C)C)C(C)(C)C. The molecule has 5 heteroatoms. The Labute approximate surface area is 748 Å². The summed E-state index contributed by atoms with van der Waals surface area (Å²) in [6, 6.07) is 23.4. The van der Waals surface area contributed by atoms with Crippen molar-refractivity contribution in [1.29, 1.82) is 0 Å². The van der Waals surface area contributed by atoms with Crippen LogP contribution in [0.25, 0.3) is 0 Å². The highest BCUT2D eigenvalue weighted by molar-refractivity contribution is 5.53. The fourth-order valence-electron chi connectivity index (χ4n) is 17.8. The van der Waals surface area contributed by atoms with Crippen LogP contribution in [0.15, 0.2) is 60.7 Å². The van der Waals surface area contributed by atoms with Crippen LogP contribution in [-0.4, -0.2) is 28.0 Å². The van der Waals surface area contributed by atoms with Crippen molar-refractivity contribution in [3.63, 3.8) is 0 Å². The van der Waals surface area contributed by atoms with E-state index in [4.69, 9.17) is 23.7 Å². The molecule has 0 spiro atoms. The van der Waals surface area contributed by atoms with Crippen molar-refractivity contribution < 1.29 is 23.7 Å². The van der Waals surface area contributed by atoms with Gasteiger partial charge in [0.25, 0.3) is 0 Å². The van der Waals surface area contributed by atoms with Crippen LogP contribution in [0.5, 0.6) is 28.7 Å². The van der Waals surface area contributed by atoms with Crippen molar-refractivity contribution in [2.75, 3.05) is 0 Å². The van der Waals surface area contributed by atoms with Crippen molar-refractivity contribution in [3.8, 4) is 28.7 Å². The van der Waals surface area contributed by atoms with Gasteiger partial charge in [-0.25, -0.2) is 0 Å². The number of benzene rings is 5. The molecule has 0 saturated carbocycles. The smallest absolute Gasteiger partial charge is 0.126 e. The van der Waals surface area contributed by atoms with Gasteiger partial charge in [0.1, 0.15) is 56.8 Å². The molecule has 690 valence electrons. The van der Waals surface area contributed by atoms with Crippen molar-refractivity contribution in [3.05, 3.63) is 144 Å². The molecule has 5 nitrogen and oxygen atoms in total. The maximum Gasteiger partial charge on any atom is 0.126 e. The van der Waals surface area contributed by atoms with Gasteiger partial charge < -0.3 is 23.7 Å². The molecule has 5 aromatic carbocycles. The molecular weight excluding hydrogens is 1460 g/mol. The molecule has 0 amide bonds. The van der Waals surface area contributed by atoms with Crippen LogP contribution in [0.2, 0.25) is 0 Å². The Hall–Kier alpha value is -4.90. The Kier molecular flexibility index (Phi) is 40.2. The maximum absolute atomic E-state index is 6.54. The molecule has 0 fully saturated rings. The third-order valence-corrected chi connectivity index (χ3v) is 21.5. The van der Waals surface area contributed by atoms with Crippen molar-refractivity contribution in [2.24, 2.45) is 54.1 Å². The lowest BCUT2D eigenvalue weighted by atomic mass is 9.73. The van der Waals surface area contributed by atoms with Crippen molar-refractivity contribution in [1.82, 2.24) is 0 Å². The second kappa shape index (κ2) is 42.6. The predicted octanol–water partition coefficient (Wildman–Crippen LogP) is 36.5. The molecule has 0 heterocycles. The Bertz CT molecular complexity index is 3340. The highest BCUT2D eigenvalue weighted by atomic mass is 16.5. The number of hydrogen-bond acceptors (Lipinski definition) is 5. The monoisotopic (exact) mass is 1660 g/mol.